The van der Waals surface area contributed by atoms with Crippen LogP contribution in [-0.4, -0.2) is 5.91 Å². The first-order valence-electron chi connectivity index (χ1n) is 7.55. The molecule has 0 fully saturated rings. The molecule has 3 aromatic rings. The van der Waals surface area contributed by atoms with Crippen molar-refractivity contribution >= 4 is 27.5 Å². The summed E-state index contributed by atoms with van der Waals surface area (Å²) in [7, 11) is 0. The molecule has 0 aliphatic rings. The summed E-state index contributed by atoms with van der Waals surface area (Å²) in [5.74, 6) is 0.491. The van der Waals surface area contributed by atoms with Crippen LogP contribution in [0.3, 0.4) is 0 Å². The van der Waals surface area contributed by atoms with E-state index in [1.807, 2.05) is 66.7 Å². The molecular weight excluding hydrogens is 366 g/mol. The second-order valence-corrected chi connectivity index (χ2v) is 6.09. The fourth-order valence-electron chi connectivity index (χ4n) is 2.23. The highest BCUT2D eigenvalue weighted by molar-refractivity contribution is 9.10. The van der Waals surface area contributed by atoms with Gasteiger partial charge in [-0.05, 0) is 51.8 Å². The standard InChI is InChI=1S/C20H16BrNO2/c21-18-11-4-5-12-19(18)22-20(23)16-9-6-10-17(13-16)24-14-15-7-2-1-3-8-15/h1-13H,14H2,(H,22,23). The zero-order chi connectivity index (χ0) is 16.8. The molecule has 0 aliphatic heterocycles. The van der Waals surface area contributed by atoms with Crippen LogP contribution in [0.4, 0.5) is 5.69 Å². The first-order valence-corrected chi connectivity index (χ1v) is 8.34. The van der Waals surface area contributed by atoms with Crippen molar-refractivity contribution in [2.75, 3.05) is 5.32 Å². The number of para-hydroxylation sites is 1. The Morgan fingerprint density at radius 3 is 2.46 bits per heavy atom. The molecule has 0 saturated carbocycles. The van der Waals surface area contributed by atoms with Crippen LogP contribution in [0, 0.1) is 0 Å². The van der Waals surface area contributed by atoms with Crippen molar-refractivity contribution in [3.63, 3.8) is 0 Å². The second kappa shape index (κ2) is 7.79. The summed E-state index contributed by atoms with van der Waals surface area (Å²) in [5, 5.41) is 2.89. The van der Waals surface area contributed by atoms with E-state index in [1.165, 1.54) is 0 Å². The van der Waals surface area contributed by atoms with Gasteiger partial charge in [0.2, 0.25) is 0 Å². The number of carbonyl (C=O) groups excluding carboxylic acids is 1. The first kappa shape index (κ1) is 16.3. The minimum absolute atomic E-state index is 0.174. The fourth-order valence-corrected chi connectivity index (χ4v) is 2.61. The van der Waals surface area contributed by atoms with Gasteiger partial charge in [-0.15, -0.1) is 0 Å². The van der Waals surface area contributed by atoms with Gasteiger partial charge in [0.15, 0.2) is 0 Å². The van der Waals surface area contributed by atoms with E-state index in [1.54, 1.807) is 12.1 Å². The lowest BCUT2D eigenvalue weighted by atomic mass is 10.2. The molecule has 0 saturated heterocycles. The molecule has 0 aliphatic carbocycles. The van der Waals surface area contributed by atoms with E-state index >= 15 is 0 Å². The van der Waals surface area contributed by atoms with E-state index in [0.29, 0.717) is 17.9 Å². The van der Waals surface area contributed by atoms with Crippen molar-refractivity contribution in [3.8, 4) is 5.75 Å². The summed E-state index contributed by atoms with van der Waals surface area (Å²) in [6.45, 7) is 0.468. The average Bonchev–Trinajstić information content (AvgIpc) is 2.63. The Balaban J connectivity index is 1.68. The van der Waals surface area contributed by atoms with Gasteiger partial charge < -0.3 is 10.1 Å². The Labute approximate surface area is 149 Å². The summed E-state index contributed by atoms with van der Waals surface area (Å²) in [4.78, 5) is 12.4. The van der Waals surface area contributed by atoms with Gasteiger partial charge in [0.1, 0.15) is 12.4 Å². The molecule has 3 nitrogen and oxygen atoms in total. The molecule has 3 aromatic carbocycles. The second-order valence-electron chi connectivity index (χ2n) is 5.24. The Bertz CT molecular complexity index is 834. The largest absolute Gasteiger partial charge is 0.489 e. The predicted molar refractivity (Wildman–Crippen MR) is 99.3 cm³/mol. The van der Waals surface area contributed by atoms with Gasteiger partial charge in [0, 0.05) is 10.0 Å². The summed E-state index contributed by atoms with van der Waals surface area (Å²) in [6.07, 6.45) is 0. The highest BCUT2D eigenvalue weighted by Gasteiger charge is 2.09. The number of benzene rings is 3. The zero-order valence-corrected chi connectivity index (χ0v) is 14.5. The molecule has 1 amide bonds. The molecular formula is C20H16BrNO2. The van der Waals surface area contributed by atoms with Gasteiger partial charge in [-0.1, -0.05) is 48.5 Å². The van der Waals surface area contributed by atoms with Crippen molar-refractivity contribution in [1.82, 2.24) is 0 Å². The zero-order valence-electron chi connectivity index (χ0n) is 12.9. The lowest BCUT2D eigenvalue weighted by molar-refractivity contribution is 0.102. The van der Waals surface area contributed by atoms with Crippen LogP contribution in [0.15, 0.2) is 83.3 Å². The Morgan fingerprint density at radius 1 is 0.917 bits per heavy atom. The summed E-state index contributed by atoms with van der Waals surface area (Å²) < 4.78 is 6.61. The molecule has 1 N–H and O–H groups in total. The van der Waals surface area contributed by atoms with Gasteiger partial charge in [-0.3, -0.25) is 4.79 Å². The van der Waals surface area contributed by atoms with E-state index in [-0.39, 0.29) is 5.91 Å². The molecule has 3 rings (SSSR count). The van der Waals surface area contributed by atoms with E-state index in [4.69, 9.17) is 4.74 Å². The quantitative estimate of drug-likeness (QED) is 0.652. The smallest absolute Gasteiger partial charge is 0.255 e. The molecule has 0 radical (unpaired) electrons. The summed E-state index contributed by atoms with van der Waals surface area (Å²) in [5.41, 5.74) is 2.37. The average molecular weight is 382 g/mol. The van der Waals surface area contributed by atoms with Gasteiger partial charge in [0.05, 0.1) is 5.69 Å². The Hall–Kier alpha value is -2.59. The highest BCUT2D eigenvalue weighted by Crippen LogP contribution is 2.22. The van der Waals surface area contributed by atoms with Crippen molar-refractivity contribution < 1.29 is 9.53 Å². The van der Waals surface area contributed by atoms with Gasteiger partial charge in [-0.2, -0.15) is 0 Å². The van der Waals surface area contributed by atoms with Gasteiger partial charge >= 0.3 is 0 Å². The topological polar surface area (TPSA) is 38.3 Å². The summed E-state index contributed by atoms with van der Waals surface area (Å²) >= 11 is 3.42. The Kier molecular flexibility index (Phi) is 5.29. The van der Waals surface area contributed by atoms with Crippen molar-refractivity contribution in [1.29, 1.82) is 0 Å². The third-order valence-electron chi connectivity index (χ3n) is 3.47. The molecule has 120 valence electrons. The molecule has 0 spiro atoms. The number of hydrogen-bond acceptors (Lipinski definition) is 2. The highest BCUT2D eigenvalue weighted by atomic mass is 79.9. The molecule has 0 atom stereocenters. The minimum atomic E-state index is -0.174. The maximum atomic E-state index is 12.4. The van der Waals surface area contributed by atoms with Crippen LogP contribution in [-0.2, 0) is 6.61 Å². The molecule has 0 unspecified atom stereocenters. The number of anilines is 1. The normalized spacial score (nSPS) is 10.2. The van der Waals surface area contributed by atoms with Crippen molar-refractivity contribution in [2.24, 2.45) is 0 Å². The number of ether oxygens (including phenoxy) is 1. The number of halogens is 1. The molecule has 24 heavy (non-hydrogen) atoms. The Morgan fingerprint density at radius 2 is 1.67 bits per heavy atom. The van der Waals surface area contributed by atoms with Crippen LogP contribution in [0.1, 0.15) is 15.9 Å². The van der Waals surface area contributed by atoms with Crippen LogP contribution < -0.4 is 10.1 Å². The SMILES string of the molecule is O=C(Nc1ccccc1Br)c1cccc(OCc2ccccc2)c1. The van der Waals surface area contributed by atoms with Crippen molar-refractivity contribution in [2.45, 2.75) is 6.61 Å². The molecule has 0 bridgehead atoms. The monoisotopic (exact) mass is 381 g/mol. The number of amides is 1. The van der Waals surface area contributed by atoms with Crippen LogP contribution in [0.5, 0.6) is 5.75 Å². The van der Waals surface area contributed by atoms with E-state index in [2.05, 4.69) is 21.2 Å². The predicted octanol–water partition coefficient (Wildman–Crippen LogP) is 5.28. The summed E-state index contributed by atoms with van der Waals surface area (Å²) in [6, 6.07) is 24.6. The molecule has 4 heteroatoms. The van der Waals surface area contributed by atoms with Crippen LogP contribution >= 0.6 is 15.9 Å². The van der Waals surface area contributed by atoms with Crippen LogP contribution in [0.25, 0.3) is 0 Å². The maximum Gasteiger partial charge on any atom is 0.255 e. The number of rotatable bonds is 5. The lowest BCUT2D eigenvalue weighted by Crippen LogP contribution is -2.12. The number of nitrogens with one attached hydrogen (secondary N) is 1. The third kappa shape index (κ3) is 4.24. The fraction of sp³-hybridized carbons (Fsp3) is 0.0500. The number of carbonyl (C=O) groups is 1. The first-order chi connectivity index (χ1) is 11.7. The van der Waals surface area contributed by atoms with Gasteiger partial charge in [-0.25, -0.2) is 0 Å². The van der Waals surface area contributed by atoms with E-state index < -0.39 is 0 Å². The third-order valence-corrected chi connectivity index (χ3v) is 4.16. The van der Waals surface area contributed by atoms with Crippen LogP contribution in [0.2, 0.25) is 0 Å². The molecule has 0 heterocycles. The lowest BCUT2D eigenvalue weighted by Gasteiger charge is -2.10. The van der Waals surface area contributed by atoms with Gasteiger partial charge in [0.25, 0.3) is 5.91 Å². The van der Waals surface area contributed by atoms with E-state index in [0.717, 1.165) is 15.7 Å². The molecule has 0 aromatic heterocycles. The minimum Gasteiger partial charge on any atom is -0.489 e. The van der Waals surface area contributed by atoms with E-state index in [9.17, 15) is 4.79 Å². The number of hydrogen-bond donors (Lipinski definition) is 1. The maximum absolute atomic E-state index is 12.4. The van der Waals surface area contributed by atoms with Crippen molar-refractivity contribution in [3.05, 3.63) is 94.5 Å².